The molecule has 0 saturated heterocycles. The molecule has 6 heteroatoms. The summed E-state index contributed by atoms with van der Waals surface area (Å²) in [5, 5.41) is 0. The van der Waals surface area contributed by atoms with Gasteiger partial charge in [0.25, 0.3) is 0 Å². The lowest BCUT2D eigenvalue weighted by Gasteiger charge is -2.32. The molecular weight excluding hydrogens is 332 g/mol. The summed E-state index contributed by atoms with van der Waals surface area (Å²) in [6, 6.07) is 7.75. The van der Waals surface area contributed by atoms with E-state index >= 15 is 0 Å². The summed E-state index contributed by atoms with van der Waals surface area (Å²) in [6.07, 6.45) is 1.82. The standard InChI is InChI=1S/C20H24N2O4/c1-4-25-20(24)18-16(12-8-10-13(11-9-12)22(2)3)17-14(23)6-5-7-15(17)26-19(18)21/h8-11,16H,4-7,21H2,1-3H3/t16-/m0/s1. The molecule has 0 unspecified atom stereocenters. The zero-order valence-electron chi connectivity index (χ0n) is 15.4. The molecule has 3 rings (SSSR count). The van der Waals surface area contributed by atoms with Gasteiger partial charge in [0.05, 0.1) is 12.5 Å². The summed E-state index contributed by atoms with van der Waals surface area (Å²) in [5.74, 6) is -0.493. The van der Waals surface area contributed by atoms with Crippen LogP contribution in [0, 0.1) is 0 Å². The van der Waals surface area contributed by atoms with Crippen molar-refractivity contribution in [2.45, 2.75) is 32.1 Å². The number of nitrogens with two attached hydrogens (primary N) is 1. The number of carbonyl (C=O) groups is 2. The van der Waals surface area contributed by atoms with Crippen molar-refractivity contribution in [2.75, 3.05) is 25.6 Å². The number of allylic oxidation sites excluding steroid dienone is 2. The number of benzene rings is 1. The highest BCUT2D eigenvalue weighted by atomic mass is 16.5. The van der Waals surface area contributed by atoms with Crippen LogP contribution in [0.15, 0.2) is 47.1 Å². The number of esters is 1. The molecular formula is C20H24N2O4. The SMILES string of the molecule is CCOC(=O)C1=C(N)OC2=C(C(=O)CCC2)[C@@H]1c1ccc(N(C)C)cc1. The topological polar surface area (TPSA) is 81.9 Å². The minimum Gasteiger partial charge on any atom is -0.462 e. The molecule has 1 atom stereocenters. The lowest BCUT2D eigenvalue weighted by atomic mass is 9.77. The van der Waals surface area contributed by atoms with Gasteiger partial charge < -0.3 is 20.1 Å². The Morgan fingerprint density at radius 3 is 2.58 bits per heavy atom. The first-order chi connectivity index (χ1) is 12.4. The highest BCUT2D eigenvalue weighted by molar-refractivity contribution is 6.03. The van der Waals surface area contributed by atoms with E-state index in [9.17, 15) is 9.59 Å². The van der Waals surface area contributed by atoms with Crippen LogP contribution in [0.4, 0.5) is 5.69 Å². The molecule has 0 aromatic heterocycles. The molecule has 0 bridgehead atoms. The molecule has 1 aliphatic carbocycles. The van der Waals surface area contributed by atoms with Crippen molar-refractivity contribution in [2.24, 2.45) is 5.73 Å². The molecule has 2 N–H and O–H groups in total. The maximum absolute atomic E-state index is 12.7. The third-order valence-electron chi connectivity index (χ3n) is 4.72. The Labute approximate surface area is 153 Å². The van der Waals surface area contributed by atoms with Gasteiger partial charge in [-0.1, -0.05) is 12.1 Å². The number of nitrogens with zero attached hydrogens (tertiary/aromatic N) is 1. The second-order valence-electron chi connectivity index (χ2n) is 6.63. The predicted octanol–water partition coefficient (Wildman–Crippen LogP) is 2.61. The smallest absolute Gasteiger partial charge is 0.340 e. The van der Waals surface area contributed by atoms with Crippen LogP contribution in [0.1, 0.15) is 37.7 Å². The molecule has 0 amide bonds. The molecule has 1 heterocycles. The molecule has 138 valence electrons. The normalized spacial score (nSPS) is 19.8. The Morgan fingerprint density at radius 2 is 1.96 bits per heavy atom. The van der Waals surface area contributed by atoms with Gasteiger partial charge in [-0.3, -0.25) is 4.79 Å². The molecule has 0 saturated carbocycles. The maximum atomic E-state index is 12.7. The number of ether oxygens (including phenoxy) is 2. The molecule has 0 radical (unpaired) electrons. The van der Waals surface area contributed by atoms with Crippen molar-refractivity contribution in [1.29, 1.82) is 0 Å². The minimum absolute atomic E-state index is 0.00207. The zero-order valence-corrected chi connectivity index (χ0v) is 15.4. The second-order valence-corrected chi connectivity index (χ2v) is 6.63. The molecule has 0 fully saturated rings. The number of anilines is 1. The van der Waals surface area contributed by atoms with Gasteiger partial charge in [0, 0.05) is 38.2 Å². The van der Waals surface area contributed by atoms with Gasteiger partial charge >= 0.3 is 5.97 Å². The molecule has 0 spiro atoms. The van der Waals surface area contributed by atoms with Gasteiger partial charge in [-0.05, 0) is 31.0 Å². The average molecular weight is 356 g/mol. The van der Waals surface area contributed by atoms with E-state index in [-0.39, 0.29) is 23.8 Å². The highest BCUT2D eigenvalue weighted by Crippen LogP contribution is 2.44. The summed E-state index contributed by atoms with van der Waals surface area (Å²) >= 11 is 0. The fourth-order valence-corrected chi connectivity index (χ4v) is 3.46. The fraction of sp³-hybridized carbons (Fsp3) is 0.400. The maximum Gasteiger partial charge on any atom is 0.340 e. The summed E-state index contributed by atoms with van der Waals surface area (Å²) in [4.78, 5) is 27.2. The van der Waals surface area contributed by atoms with Crippen LogP contribution in [0.25, 0.3) is 0 Å². The average Bonchev–Trinajstić information content (AvgIpc) is 2.61. The van der Waals surface area contributed by atoms with Crippen molar-refractivity contribution in [3.05, 3.63) is 52.6 Å². The third-order valence-corrected chi connectivity index (χ3v) is 4.72. The van der Waals surface area contributed by atoms with E-state index in [4.69, 9.17) is 15.2 Å². The van der Waals surface area contributed by atoms with Crippen LogP contribution >= 0.6 is 0 Å². The van der Waals surface area contributed by atoms with Crippen LogP contribution in [-0.2, 0) is 19.1 Å². The van der Waals surface area contributed by atoms with Crippen LogP contribution in [0.2, 0.25) is 0 Å². The molecule has 1 aromatic rings. The van der Waals surface area contributed by atoms with E-state index in [1.165, 1.54) is 0 Å². The van der Waals surface area contributed by atoms with Crippen molar-refractivity contribution in [1.82, 2.24) is 0 Å². The highest BCUT2D eigenvalue weighted by Gasteiger charge is 2.41. The lowest BCUT2D eigenvalue weighted by Crippen LogP contribution is -2.31. The van der Waals surface area contributed by atoms with Crippen LogP contribution in [0.5, 0.6) is 0 Å². The molecule has 26 heavy (non-hydrogen) atoms. The van der Waals surface area contributed by atoms with Gasteiger partial charge in [0.2, 0.25) is 5.88 Å². The summed E-state index contributed by atoms with van der Waals surface area (Å²) < 4.78 is 10.8. The van der Waals surface area contributed by atoms with E-state index < -0.39 is 11.9 Å². The Kier molecular flexibility index (Phi) is 5.02. The first-order valence-corrected chi connectivity index (χ1v) is 8.82. The second kappa shape index (κ2) is 7.23. The largest absolute Gasteiger partial charge is 0.462 e. The molecule has 1 aliphatic heterocycles. The quantitative estimate of drug-likeness (QED) is 0.835. The van der Waals surface area contributed by atoms with Crippen molar-refractivity contribution in [3.8, 4) is 0 Å². The van der Waals surface area contributed by atoms with Gasteiger partial charge in [-0.15, -0.1) is 0 Å². The zero-order chi connectivity index (χ0) is 18.8. The number of rotatable bonds is 4. The summed E-state index contributed by atoms with van der Waals surface area (Å²) in [6.45, 7) is 1.96. The number of carbonyl (C=O) groups excluding carboxylic acids is 2. The van der Waals surface area contributed by atoms with E-state index in [0.717, 1.165) is 17.7 Å². The number of Topliss-reactive ketones (excluding diaryl/α,β-unsaturated/α-hetero) is 1. The van der Waals surface area contributed by atoms with Crippen molar-refractivity contribution < 1.29 is 19.1 Å². The van der Waals surface area contributed by atoms with Crippen LogP contribution < -0.4 is 10.6 Å². The fourth-order valence-electron chi connectivity index (χ4n) is 3.46. The lowest BCUT2D eigenvalue weighted by molar-refractivity contribution is -0.139. The van der Waals surface area contributed by atoms with E-state index in [1.54, 1.807) is 6.92 Å². The Bertz CT molecular complexity index is 791. The van der Waals surface area contributed by atoms with E-state index in [1.807, 2.05) is 43.3 Å². The minimum atomic E-state index is -0.554. The van der Waals surface area contributed by atoms with E-state index in [0.29, 0.717) is 24.2 Å². The monoisotopic (exact) mass is 356 g/mol. The Hall–Kier alpha value is -2.76. The van der Waals surface area contributed by atoms with Crippen LogP contribution in [0.3, 0.4) is 0 Å². The first kappa shape index (κ1) is 18.0. The number of ketones is 1. The Balaban J connectivity index is 2.12. The van der Waals surface area contributed by atoms with Crippen LogP contribution in [-0.4, -0.2) is 32.5 Å². The predicted molar refractivity (Wildman–Crippen MR) is 98.3 cm³/mol. The van der Waals surface area contributed by atoms with Gasteiger partial charge in [0.15, 0.2) is 5.78 Å². The third kappa shape index (κ3) is 3.19. The van der Waals surface area contributed by atoms with Gasteiger partial charge in [0.1, 0.15) is 11.3 Å². The van der Waals surface area contributed by atoms with E-state index in [2.05, 4.69) is 0 Å². The molecule has 2 aliphatic rings. The van der Waals surface area contributed by atoms with Crippen molar-refractivity contribution >= 4 is 17.4 Å². The van der Waals surface area contributed by atoms with Gasteiger partial charge in [-0.2, -0.15) is 0 Å². The Morgan fingerprint density at radius 1 is 1.27 bits per heavy atom. The first-order valence-electron chi connectivity index (χ1n) is 8.82. The summed E-state index contributed by atoms with van der Waals surface area (Å²) in [7, 11) is 3.91. The molecule has 1 aromatic carbocycles. The number of hydrogen-bond donors (Lipinski definition) is 1. The van der Waals surface area contributed by atoms with Gasteiger partial charge in [-0.25, -0.2) is 4.79 Å². The summed E-state index contributed by atoms with van der Waals surface area (Å²) in [5.41, 5.74) is 8.67. The molecule has 6 nitrogen and oxygen atoms in total. The number of hydrogen-bond acceptors (Lipinski definition) is 6. The van der Waals surface area contributed by atoms with Crippen molar-refractivity contribution in [3.63, 3.8) is 0 Å².